The zero-order valence-corrected chi connectivity index (χ0v) is 18.6. The quantitative estimate of drug-likeness (QED) is 0.294. The molecule has 3 rings (SSSR count). The standard InChI is InChI=1S/C27H29NO5/c29-26(17-18-27(30)33-19-9-12-22-10-3-1-4-11-22)28-24-15-7-8-16-25(24)32-21-20-31-23-13-5-2-6-14-23/h1-8,10-11,13-16H,9,12,17-21H2,(H,28,29). The molecule has 0 saturated heterocycles. The molecule has 0 atom stereocenters. The second-order valence-electron chi connectivity index (χ2n) is 7.36. The van der Waals surface area contributed by atoms with Gasteiger partial charge < -0.3 is 19.5 Å². The van der Waals surface area contributed by atoms with Crippen LogP contribution < -0.4 is 14.8 Å². The number of ether oxygens (including phenoxy) is 3. The lowest BCUT2D eigenvalue weighted by molar-refractivity contribution is -0.144. The van der Waals surface area contributed by atoms with E-state index in [1.165, 1.54) is 5.56 Å². The first kappa shape index (κ1) is 23.9. The zero-order valence-electron chi connectivity index (χ0n) is 18.6. The van der Waals surface area contributed by atoms with E-state index in [1.54, 1.807) is 12.1 Å². The Bertz CT molecular complexity index is 992. The van der Waals surface area contributed by atoms with E-state index in [0.29, 0.717) is 31.3 Å². The number of rotatable bonds is 13. The highest BCUT2D eigenvalue weighted by molar-refractivity contribution is 5.93. The number of benzene rings is 3. The Morgan fingerprint density at radius 1 is 0.697 bits per heavy atom. The molecule has 3 aromatic carbocycles. The van der Waals surface area contributed by atoms with Crippen LogP contribution >= 0.6 is 0 Å². The van der Waals surface area contributed by atoms with Gasteiger partial charge in [-0.15, -0.1) is 0 Å². The van der Waals surface area contributed by atoms with Crippen molar-refractivity contribution >= 4 is 17.6 Å². The van der Waals surface area contributed by atoms with Crippen molar-refractivity contribution in [1.29, 1.82) is 0 Å². The maximum atomic E-state index is 12.3. The van der Waals surface area contributed by atoms with Gasteiger partial charge in [0.05, 0.1) is 18.7 Å². The van der Waals surface area contributed by atoms with Gasteiger partial charge in [0.25, 0.3) is 0 Å². The van der Waals surface area contributed by atoms with Gasteiger partial charge in [-0.05, 0) is 42.7 Å². The molecular weight excluding hydrogens is 418 g/mol. The van der Waals surface area contributed by atoms with Crippen molar-refractivity contribution in [3.63, 3.8) is 0 Å². The molecule has 0 radical (unpaired) electrons. The fourth-order valence-electron chi connectivity index (χ4n) is 3.13. The summed E-state index contributed by atoms with van der Waals surface area (Å²) in [6.07, 6.45) is 1.68. The maximum absolute atomic E-state index is 12.3. The largest absolute Gasteiger partial charge is 0.490 e. The van der Waals surface area contributed by atoms with E-state index in [1.807, 2.05) is 72.8 Å². The minimum atomic E-state index is -0.374. The average molecular weight is 448 g/mol. The summed E-state index contributed by atoms with van der Waals surface area (Å²) in [5.41, 5.74) is 1.76. The molecule has 0 unspecified atom stereocenters. The zero-order chi connectivity index (χ0) is 23.1. The summed E-state index contributed by atoms with van der Waals surface area (Å²) in [5.74, 6) is 0.675. The number of para-hydroxylation sites is 3. The Morgan fingerprint density at radius 3 is 2.15 bits per heavy atom. The first-order chi connectivity index (χ1) is 16.2. The number of esters is 1. The molecule has 0 aliphatic carbocycles. The van der Waals surface area contributed by atoms with Crippen molar-refractivity contribution in [2.24, 2.45) is 0 Å². The van der Waals surface area contributed by atoms with Gasteiger partial charge >= 0.3 is 5.97 Å². The highest BCUT2D eigenvalue weighted by Gasteiger charge is 2.11. The number of nitrogens with one attached hydrogen (secondary N) is 1. The van der Waals surface area contributed by atoms with E-state index in [9.17, 15) is 9.59 Å². The third-order valence-corrected chi connectivity index (χ3v) is 4.79. The number of amides is 1. The summed E-state index contributed by atoms with van der Waals surface area (Å²) < 4.78 is 16.6. The van der Waals surface area contributed by atoms with Crippen molar-refractivity contribution in [3.05, 3.63) is 90.5 Å². The van der Waals surface area contributed by atoms with Crippen molar-refractivity contribution in [3.8, 4) is 11.5 Å². The van der Waals surface area contributed by atoms with Gasteiger partial charge in [0.2, 0.25) is 5.91 Å². The Morgan fingerprint density at radius 2 is 1.36 bits per heavy atom. The lowest BCUT2D eigenvalue weighted by Crippen LogP contribution is -2.16. The summed E-state index contributed by atoms with van der Waals surface area (Å²) in [5, 5.41) is 2.80. The van der Waals surface area contributed by atoms with Crippen LogP contribution in [0.3, 0.4) is 0 Å². The number of carbonyl (C=O) groups is 2. The minimum absolute atomic E-state index is 0.0328. The van der Waals surface area contributed by atoms with Crippen molar-refractivity contribution < 1.29 is 23.8 Å². The highest BCUT2D eigenvalue weighted by Crippen LogP contribution is 2.24. The first-order valence-corrected chi connectivity index (χ1v) is 11.1. The number of hydrogen-bond donors (Lipinski definition) is 1. The fraction of sp³-hybridized carbons (Fsp3) is 0.259. The minimum Gasteiger partial charge on any atom is -0.490 e. The predicted octanol–water partition coefficient (Wildman–Crippen LogP) is 5.04. The van der Waals surface area contributed by atoms with Crippen molar-refractivity contribution in [1.82, 2.24) is 0 Å². The van der Waals surface area contributed by atoms with Crippen LogP contribution in [0.15, 0.2) is 84.9 Å². The molecule has 0 fully saturated rings. The van der Waals surface area contributed by atoms with Gasteiger partial charge in [0.1, 0.15) is 24.7 Å². The lowest BCUT2D eigenvalue weighted by Gasteiger charge is -2.13. The topological polar surface area (TPSA) is 73.9 Å². The van der Waals surface area contributed by atoms with E-state index in [4.69, 9.17) is 14.2 Å². The van der Waals surface area contributed by atoms with Crippen LogP contribution in [0.1, 0.15) is 24.8 Å². The molecule has 0 heterocycles. The average Bonchev–Trinajstić information content (AvgIpc) is 2.85. The number of anilines is 1. The summed E-state index contributed by atoms with van der Waals surface area (Å²) in [4.78, 5) is 24.2. The highest BCUT2D eigenvalue weighted by atomic mass is 16.5. The fourth-order valence-corrected chi connectivity index (χ4v) is 3.13. The van der Waals surface area contributed by atoms with Crippen LogP contribution in [-0.4, -0.2) is 31.7 Å². The van der Waals surface area contributed by atoms with Gasteiger partial charge in [0.15, 0.2) is 0 Å². The Balaban J connectivity index is 1.33. The van der Waals surface area contributed by atoms with E-state index in [-0.39, 0.29) is 24.7 Å². The smallest absolute Gasteiger partial charge is 0.306 e. The molecule has 3 aromatic rings. The number of hydrogen-bond acceptors (Lipinski definition) is 5. The number of aryl methyl sites for hydroxylation is 1. The lowest BCUT2D eigenvalue weighted by atomic mass is 10.1. The first-order valence-electron chi connectivity index (χ1n) is 11.1. The Kier molecular flexibility index (Phi) is 9.81. The molecule has 6 heteroatoms. The van der Waals surface area contributed by atoms with Crippen LogP contribution in [0.5, 0.6) is 11.5 Å². The monoisotopic (exact) mass is 447 g/mol. The third-order valence-electron chi connectivity index (χ3n) is 4.79. The van der Waals surface area contributed by atoms with E-state index < -0.39 is 0 Å². The van der Waals surface area contributed by atoms with Gasteiger partial charge in [-0.1, -0.05) is 60.7 Å². The molecule has 1 N–H and O–H groups in total. The molecule has 172 valence electrons. The van der Waals surface area contributed by atoms with Gasteiger partial charge in [-0.25, -0.2) is 0 Å². The van der Waals surface area contributed by atoms with Gasteiger partial charge in [-0.2, -0.15) is 0 Å². The van der Waals surface area contributed by atoms with Crippen LogP contribution in [-0.2, 0) is 20.7 Å². The number of carbonyl (C=O) groups excluding carboxylic acids is 2. The Labute approximate surface area is 194 Å². The maximum Gasteiger partial charge on any atom is 0.306 e. The van der Waals surface area contributed by atoms with E-state index >= 15 is 0 Å². The molecule has 0 aliphatic rings. The predicted molar refractivity (Wildman–Crippen MR) is 127 cm³/mol. The second-order valence-corrected chi connectivity index (χ2v) is 7.36. The summed E-state index contributed by atoms with van der Waals surface area (Å²) in [6.45, 7) is 1.05. The molecule has 6 nitrogen and oxygen atoms in total. The van der Waals surface area contributed by atoms with Crippen molar-refractivity contribution in [2.75, 3.05) is 25.1 Å². The molecule has 0 bridgehead atoms. The van der Waals surface area contributed by atoms with Crippen LogP contribution in [0.25, 0.3) is 0 Å². The summed E-state index contributed by atoms with van der Waals surface area (Å²) in [7, 11) is 0. The molecule has 1 amide bonds. The SMILES string of the molecule is O=C(CCC(=O)OCCCc1ccccc1)Nc1ccccc1OCCOc1ccccc1. The molecule has 33 heavy (non-hydrogen) atoms. The molecule has 0 saturated carbocycles. The second kappa shape index (κ2) is 13.6. The van der Waals surface area contributed by atoms with E-state index in [0.717, 1.165) is 18.6 Å². The van der Waals surface area contributed by atoms with Crippen LogP contribution in [0.4, 0.5) is 5.69 Å². The van der Waals surface area contributed by atoms with Crippen LogP contribution in [0.2, 0.25) is 0 Å². The van der Waals surface area contributed by atoms with Gasteiger partial charge in [-0.3, -0.25) is 9.59 Å². The Hall–Kier alpha value is -3.80. The molecule has 0 aliphatic heterocycles. The summed E-state index contributed by atoms with van der Waals surface area (Å²) in [6, 6.07) is 26.7. The molecule has 0 aromatic heterocycles. The molecule has 0 spiro atoms. The van der Waals surface area contributed by atoms with Crippen molar-refractivity contribution in [2.45, 2.75) is 25.7 Å². The summed E-state index contributed by atoms with van der Waals surface area (Å²) >= 11 is 0. The van der Waals surface area contributed by atoms with Gasteiger partial charge in [0, 0.05) is 6.42 Å². The van der Waals surface area contributed by atoms with Crippen LogP contribution in [0, 0.1) is 0 Å². The normalized spacial score (nSPS) is 10.3. The van der Waals surface area contributed by atoms with E-state index in [2.05, 4.69) is 5.32 Å². The third kappa shape index (κ3) is 9.07. The molecular formula is C27H29NO5.